The number of rotatable bonds is 5. The Kier molecular flexibility index (Phi) is 4.43. The Labute approximate surface area is 95.3 Å². The zero-order chi connectivity index (χ0) is 12.0. The molecular weight excluding hydrogens is 206 g/mol. The lowest BCUT2D eigenvalue weighted by molar-refractivity contribution is -0.144. The number of aromatic nitrogens is 1. The highest BCUT2D eigenvalue weighted by Gasteiger charge is 2.24. The van der Waals surface area contributed by atoms with Crippen LogP contribution in [0.2, 0.25) is 0 Å². The maximum absolute atomic E-state index is 11.2. The van der Waals surface area contributed by atoms with E-state index in [9.17, 15) is 9.90 Å². The summed E-state index contributed by atoms with van der Waals surface area (Å²) >= 11 is 0. The molecule has 1 aromatic heterocycles. The van der Waals surface area contributed by atoms with E-state index in [1.165, 1.54) is 0 Å². The van der Waals surface area contributed by atoms with Gasteiger partial charge in [0.25, 0.3) is 0 Å². The molecule has 0 amide bonds. The van der Waals surface area contributed by atoms with Crippen LogP contribution in [0.1, 0.15) is 32.3 Å². The van der Waals surface area contributed by atoms with E-state index in [-0.39, 0.29) is 12.4 Å². The van der Waals surface area contributed by atoms with Gasteiger partial charge in [-0.1, -0.05) is 0 Å². The van der Waals surface area contributed by atoms with Crippen molar-refractivity contribution in [1.82, 2.24) is 4.98 Å². The molecule has 0 radical (unpaired) electrons. The molecule has 0 spiro atoms. The van der Waals surface area contributed by atoms with Crippen molar-refractivity contribution in [3.8, 4) is 0 Å². The van der Waals surface area contributed by atoms with Crippen LogP contribution in [0, 0.1) is 0 Å². The maximum Gasteiger partial charge on any atom is 0.305 e. The first-order valence-electron chi connectivity index (χ1n) is 5.35. The number of aliphatic hydroxyl groups is 1. The first-order valence-corrected chi connectivity index (χ1v) is 5.35. The van der Waals surface area contributed by atoms with E-state index in [4.69, 9.17) is 4.74 Å². The van der Waals surface area contributed by atoms with E-state index in [0.29, 0.717) is 13.0 Å². The van der Waals surface area contributed by atoms with Gasteiger partial charge in [0.2, 0.25) is 0 Å². The number of esters is 1. The Morgan fingerprint density at radius 1 is 1.50 bits per heavy atom. The van der Waals surface area contributed by atoms with E-state index in [0.717, 1.165) is 5.56 Å². The zero-order valence-electron chi connectivity index (χ0n) is 9.64. The molecular formula is C12H17NO3. The molecule has 1 heterocycles. The van der Waals surface area contributed by atoms with Crippen molar-refractivity contribution in [3.05, 3.63) is 30.1 Å². The number of carbonyl (C=O) groups is 1. The molecule has 0 aliphatic heterocycles. The number of carbonyl (C=O) groups excluding carboxylic acids is 1. The van der Waals surface area contributed by atoms with Gasteiger partial charge in [-0.05, 0) is 38.0 Å². The quantitative estimate of drug-likeness (QED) is 0.771. The number of pyridine rings is 1. The normalized spacial score (nSPS) is 14.2. The fraction of sp³-hybridized carbons (Fsp3) is 0.500. The average molecular weight is 223 g/mol. The van der Waals surface area contributed by atoms with Crippen molar-refractivity contribution in [2.45, 2.75) is 32.3 Å². The van der Waals surface area contributed by atoms with Crippen LogP contribution in [0.4, 0.5) is 0 Å². The molecule has 1 unspecified atom stereocenters. The van der Waals surface area contributed by atoms with E-state index in [1.54, 1.807) is 38.4 Å². The highest BCUT2D eigenvalue weighted by molar-refractivity contribution is 5.69. The van der Waals surface area contributed by atoms with Gasteiger partial charge in [0, 0.05) is 18.8 Å². The molecule has 1 atom stereocenters. The van der Waals surface area contributed by atoms with Crippen molar-refractivity contribution in [2.24, 2.45) is 0 Å². The number of hydrogen-bond acceptors (Lipinski definition) is 4. The number of hydrogen-bond donors (Lipinski definition) is 1. The molecule has 1 N–H and O–H groups in total. The summed E-state index contributed by atoms with van der Waals surface area (Å²) in [5.41, 5.74) is -0.262. The van der Waals surface area contributed by atoms with Gasteiger partial charge in [-0.3, -0.25) is 9.78 Å². The number of nitrogens with zero attached hydrogens (tertiary/aromatic N) is 1. The molecule has 0 aliphatic carbocycles. The molecule has 0 bridgehead atoms. The van der Waals surface area contributed by atoms with Crippen molar-refractivity contribution in [1.29, 1.82) is 0 Å². The second-order valence-corrected chi connectivity index (χ2v) is 3.81. The third kappa shape index (κ3) is 3.62. The summed E-state index contributed by atoms with van der Waals surface area (Å²) in [5, 5.41) is 10.2. The first kappa shape index (κ1) is 12.6. The minimum absolute atomic E-state index is 0.211. The van der Waals surface area contributed by atoms with Crippen LogP contribution < -0.4 is 0 Å². The smallest absolute Gasteiger partial charge is 0.305 e. The van der Waals surface area contributed by atoms with Gasteiger partial charge in [-0.2, -0.15) is 0 Å². The largest absolute Gasteiger partial charge is 0.466 e. The van der Waals surface area contributed by atoms with E-state index < -0.39 is 5.60 Å². The lowest BCUT2D eigenvalue weighted by Crippen LogP contribution is -2.22. The molecule has 1 rings (SSSR count). The lowest BCUT2D eigenvalue weighted by atomic mass is 9.92. The van der Waals surface area contributed by atoms with Crippen molar-refractivity contribution in [3.63, 3.8) is 0 Å². The predicted octanol–water partition coefficient (Wildman–Crippen LogP) is 1.63. The van der Waals surface area contributed by atoms with Crippen LogP contribution >= 0.6 is 0 Å². The summed E-state index contributed by atoms with van der Waals surface area (Å²) in [6, 6.07) is 3.48. The van der Waals surface area contributed by atoms with Crippen molar-refractivity contribution in [2.75, 3.05) is 6.61 Å². The van der Waals surface area contributed by atoms with Gasteiger partial charge >= 0.3 is 5.97 Å². The van der Waals surface area contributed by atoms with Gasteiger partial charge in [0.1, 0.15) is 0 Å². The summed E-state index contributed by atoms with van der Waals surface area (Å²) in [4.78, 5) is 15.1. The summed E-state index contributed by atoms with van der Waals surface area (Å²) in [6.45, 7) is 3.82. The van der Waals surface area contributed by atoms with Crippen molar-refractivity contribution < 1.29 is 14.6 Å². The summed E-state index contributed by atoms with van der Waals surface area (Å²) in [6.07, 6.45) is 3.79. The minimum Gasteiger partial charge on any atom is -0.466 e. The maximum atomic E-state index is 11.2. The Hall–Kier alpha value is -1.42. The van der Waals surface area contributed by atoms with Crippen LogP contribution in [0.15, 0.2) is 24.5 Å². The molecule has 88 valence electrons. The van der Waals surface area contributed by atoms with Crippen LogP contribution in [0.5, 0.6) is 0 Å². The Morgan fingerprint density at radius 3 is 2.69 bits per heavy atom. The van der Waals surface area contributed by atoms with Crippen LogP contribution in [-0.4, -0.2) is 22.7 Å². The molecule has 16 heavy (non-hydrogen) atoms. The fourth-order valence-electron chi connectivity index (χ4n) is 1.43. The van der Waals surface area contributed by atoms with Crippen LogP contribution in [-0.2, 0) is 15.1 Å². The monoisotopic (exact) mass is 223 g/mol. The molecule has 0 saturated carbocycles. The SMILES string of the molecule is CCOC(=O)CCC(C)(O)c1ccncc1. The number of ether oxygens (including phenoxy) is 1. The van der Waals surface area contributed by atoms with E-state index in [2.05, 4.69) is 4.98 Å². The zero-order valence-corrected chi connectivity index (χ0v) is 9.64. The summed E-state index contributed by atoms with van der Waals surface area (Å²) in [5.74, 6) is -0.281. The standard InChI is InChI=1S/C12H17NO3/c1-3-16-11(14)4-7-12(2,15)10-5-8-13-9-6-10/h5-6,8-9,15H,3-4,7H2,1-2H3. The molecule has 0 aromatic carbocycles. The third-order valence-electron chi connectivity index (χ3n) is 2.42. The first-order chi connectivity index (χ1) is 7.56. The van der Waals surface area contributed by atoms with Crippen LogP contribution in [0.3, 0.4) is 0 Å². The Morgan fingerprint density at radius 2 is 2.12 bits per heavy atom. The molecule has 1 aromatic rings. The van der Waals surface area contributed by atoms with E-state index >= 15 is 0 Å². The third-order valence-corrected chi connectivity index (χ3v) is 2.42. The molecule has 0 saturated heterocycles. The molecule has 4 heteroatoms. The molecule has 0 aliphatic rings. The Balaban J connectivity index is 2.55. The highest BCUT2D eigenvalue weighted by atomic mass is 16.5. The fourth-order valence-corrected chi connectivity index (χ4v) is 1.43. The van der Waals surface area contributed by atoms with Gasteiger partial charge in [-0.15, -0.1) is 0 Å². The molecule has 4 nitrogen and oxygen atoms in total. The highest BCUT2D eigenvalue weighted by Crippen LogP contribution is 2.25. The van der Waals surface area contributed by atoms with Crippen molar-refractivity contribution >= 4 is 5.97 Å². The lowest BCUT2D eigenvalue weighted by Gasteiger charge is -2.23. The molecule has 0 fully saturated rings. The van der Waals surface area contributed by atoms with Gasteiger partial charge in [0.15, 0.2) is 0 Å². The second kappa shape index (κ2) is 5.61. The average Bonchev–Trinajstić information content (AvgIpc) is 2.28. The van der Waals surface area contributed by atoms with Gasteiger partial charge in [0.05, 0.1) is 12.2 Å². The van der Waals surface area contributed by atoms with Gasteiger partial charge in [-0.25, -0.2) is 0 Å². The topological polar surface area (TPSA) is 59.4 Å². The Bertz CT molecular complexity index is 335. The van der Waals surface area contributed by atoms with Gasteiger partial charge < -0.3 is 9.84 Å². The second-order valence-electron chi connectivity index (χ2n) is 3.81. The minimum atomic E-state index is -1.02. The summed E-state index contributed by atoms with van der Waals surface area (Å²) < 4.78 is 4.81. The van der Waals surface area contributed by atoms with E-state index in [1.807, 2.05) is 0 Å². The van der Waals surface area contributed by atoms with Crippen LogP contribution in [0.25, 0.3) is 0 Å². The predicted molar refractivity (Wildman–Crippen MR) is 59.7 cm³/mol. The summed E-state index contributed by atoms with van der Waals surface area (Å²) in [7, 11) is 0.